The third kappa shape index (κ3) is 7.78. The first kappa shape index (κ1) is 32.3. The topological polar surface area (TPSA) is 159 Å². The zero-order valence-corrected chi connectivity index (χ0v) is 26.6. The molecule has 238 valence electrons. The van der Waals surface area contributed by atoms with Crippen molar-refractivity contribution in [3.63, 3.8) is 0 Å². The minimum Gasteiger partial charge on any atom is -0.454 e. The fourth-order valence-electron chi connectivity index (χ4n) is 5.34. The molecule has 0 amide bonds. The van der Waals surface area contributed by atoms with Crippen molar-refractivity contribution in [1.29, 1.82) is 0 Å². The Labute approximate surface area is 262 Å². The summed E-state index contributed by atoms with van der Waals surface area (Å²) in [6.45, 7) is 7.24. The van der Waals surface area contributed by atoms with Crippen molar-refractivity contribution in [3.8, 4) is 22.6 Å². The van der Waals surface area contributed by atoms with Crippen LogP contribution >= 0.6 is 0 Å². The Morgan fingerprint density at radius 1 is 0.756 bits per heavy atom. The van der Waals surface area contributed by atoms with Gasteiger partial charge in [0.05, 0.1) is 16.0 Å². The van der Waals surface area contributed by atoms with Gasteiger partial charge in [-0.1, -0.05) is 41.5 Å². The number of anilines is 1. The quantitative estimate of drug-likeness (QED) is 0.304. The van der Waals surface area contributed by atoms with Crippen molar-refractivity contribution in [2.75, 3.05) is 38.4 Å². The Kier molecular flexibility index (Phi) is 9.41. The zero-order valence-electron chi connectivity index (χ0n) is 24.9. The van der Waals surface area contributed by atoms with Gasteiger partial charge < -0.3 is 19.3 Å². The van der Waals surface area contributed by atoms with Gasteiger partial charge in [0.15, 0.2) is 17.3 Å². The zero-order chi connectivity index (χ0) is 32.4. The predicted molar refractivity (Wildman–Crippen MR) is 168 cm³/mol. The van der Waals surface area contributed by atoms with Crippen LogP contribution < -0.4 is 14.4 Å². The van der Waals surface area contributed by atoms with Crippen molar-refractivity contribution < 1.29 is 35.4 Å². The second-order valence-electron chi connectivity index (χ2n) is 11.1. The monoisotopic (exact) mass is 654 g/mol. The van der Waals surface area contributed by atoms with Crippen LogP contribution in [0.25, 0.3) is 11.1 Å². The molecule has 2 saturated heterocycles. The van der Waals surface area contributed by atoms with E-state index in [1.165, 1.54) is 30.8 Å². The lowest BCUT2D eigenvalue weighted by Gasteiger charge is -2.40. The highest BCUT2D eigenvalue weighted by molar-refractivity contribution is 7.86. The van der Waals surface area contributed by atoms with Crippen LogP contribution in [0.3, 0.4) is 0 Å². The van der Waals surface area contributed by atoms with Gasteiger partial charge in [-0.25, -0.2) is 0 Å². The number of aryl methyl sites for hydroxylation is 2. The van der Waals surface area contributed by atoms with Gasteiger partial charge in [0.2, 0.25) is 6.79 Å². The molecule has 0 bridgehead atoms. The largest absolute Gasteiger partial charge is 0.454 e. The Morgan fingerprint density at radius 3 is 1.87 bits per heavy atom. The number of rotatable bonds is 4. The first-order chi connectivity index (χ1) is 21.3. The lowest BCUT2D eigenvalue weighted by atomic mass is 9.93. The lowest BCUT2D eigenvalue weighted by molar-refractivity contribution is 0.0827. The number of ether oxygens (including phenoxy) is 2. The predicted octanol–water partition coefficient (Wildman–Crippen LogP) is 4.11. The number of aromatic nitrogens is 2. The van der Waals surface area contributed by atoms with E-state index in [9.17, 15) is 16.8 Å². The summed E-state index contributed by atoms with van der Waals surface area (Å²) in [7, 11) is -5.84. The van der Waals surface area contributed by atoms with Crippen LogP contribution in [-0.2, 0) is 20.2 Å². The average molecular weight is 655 g/mol. The van der Waals surface area contributed by atoms with Crippen molar-refractivity contribution >= 4 is 26.1 Å². The number of hydrogen-bond acceptors (Lipinski definition) is 10. The maximum atomic E-state index is 10.5. The van der Waals surface area contributed by atoms with Crippen molar-refractivity contribution in [2.24, 2.45) is 5.92 Å². The summed E-state index contributed by atoms with van der Waals surface area (Å²) < 4.78 is 70.0. The van der Waals surface area contributed by atoms with Gasteiger partial charge in [-0.15, -0.1) is 5.10 Å². The molecule has 12 nitrogen and oxygen atoms in total. The first-order valence-electron chi connectivity index (χ1n) is 14.0. The number of likely N-dealkylation sites (tertiary alicyclic amines) is 1. The van der Waals surface area contributed by atoms with Crippen LogP contribution in [0.15, 0.2) is 88.8 Å². The number of hydrogen-bond donors (Lipinski definition) is 2. The number of nitrogens with zero attached hydrogens (tertiary/aromatic N) is 4. The van der Waals surface area contributed by atoms with Crippen molar-refractivity contribution in [2.45, 2.75) is 29.7 Å². The van der Waals surface area contributed by atoms with E-state index in [4.69, 9.17) is 18.6 Å². The maximum Gasteiger partial charge on any atom is 0.294 e. The highest BCUT2D eigenvalue weighted by Gasteiger charge is 2.44. The molecule has 0 spiro atoms. The van der Waals surface area contributed by atoms with Crippen LogP contribution in [0.4, 0.5) is 5.82 Å². The van der Waals surface area contributed by atoms with Crippen LogP contribution in [0, 0.1) is 19.8 Å². The SMILES string of the molecule is CN1C[C@@H]2CN(c3nnccc3-c3ccc4c(c3)OCO4)C[C@@H]21.Cc1ccc(S(=O)(=O)O)cc1.Cc1ccc(S(=O)(=O)O)cc1. The molecule has 0 saturated carbocycles. The number of benzene rings is 3. The highest BCUT2D eigenvalue weighted by Crippen LogP contribution is 2.40. The van der Waals surface area contributed by atoms with E-state index in [-0.39, 0.29) is 9.79 Å². The van der Waals surface area contributed by atoms with Gasteiger partial charge in [-0.3, -0.25) is 9.11 Å². The fourth-order valence-corrected chi connectivity index (χ4v) is 6.30. The molecule has 14 heteroatoms. The van der Waals surface area contributed by atoms with E-state index in [1.807, 2.05) is 32.0 Å². The molecule has 2 N–H and O–H groups in total. The molecule has 3 aliphatic rings. The molecule has 2 atom stereocenters. The fraction of sp³-hybridized carbons (Fsp3) is 0.290. The summed E-state index contributed by atoms with van der Waals surface area (Å²) in [5.41, 5.74) is 4.10. The Hall–Kier alpha value is -4.08. The van der Waals surface area contributed by atoms with E-state index >= 15 is 0 Å². The summed E-state index contributed by atoms with van der Waals surface area (Å²) in [6.07, 6.45) is 1.75. The smallest absolute Gasteiger partial charge is 0.294 e. The highest BCUT2D eigenvalue weighted by atomic mass is 32.2. The molecule has 3 aliphatic heterocycles. The molecule has 7 rings (SSSR count). The molecule has 2 fully saturated rings. The van der Waals surface area contributed by atoms with E-state index in [2.05, 4.69) is 33.1 Å². The lowest BCUT2D eigenvalue weighted by Crippen LogP contribution is -2.52. The number of likely N-dealkylation sites (N-methyl/N-ethyl adjacent to an activating group) is 1. The Morgan fingerprint density at radius 2 is 1.33 bits per heavy atom. The molecule has 1 aromatic heterocycles. The minimum atomic E-state index is -4.02. The second-order valence-corrected chi connectivity index (χ2v) is 13.9. The normalized spacial score (nSPS) is 18.6. The Balaban J connectivity index is 0.000000153. The molecule has 4 aromatic rings. The van der Waals surface area contributed by atoms with Crippen molar-refractivity contribution in [3.05, 3.63) is 90.1 Å². The van der Waals surface area contributed by atoms with Gasteiger partial charge in [-0.05, 0) is 68.9 Å². The summed E-state index contributed by atoms with van der Waals surface area (Å²) in [5, 5.41) is 8.55. The summed E-state index contributed by atoms with van der Waals surface area (Å²) >= 11 is 0. The molecular weight excluding hydrogens is 620 g/mol. The Bertz CT molecular complexity index is 1800. The average Bonchev–Trinajstić information content (AvgIpc) is 3.61. The minimum absolute atomic E-state index is 0.0666. The molecule has 0 radical (unpaired) electrons. The summed E-state index contributed by atoms with van der Waals surface area (Å²) in [5.74, 6) is 3.32. The summed E-state index contributed by atoms with van der Waals surface area (Å²) in [4.78, 5) is 4.65. The van der Waals surface area contributed by atoms with E-state index in [0.29, 0.717) is 12.8 Å². The van der Waals surface area contributed by atoms with Crippen molar-refractivity contribution in [1.82, 2.24) is 15.1 Å². The third-order valence-corrected chi connectivity index (χ3v) is 9.55. The number of fused-ring (bicyclic) bond motifs is 2. The van der Waals surface area contributed by atoms with Gasteiger partial charge in [0.1, 0.15) is 0 Å². The second kappa shape index (κ2) is 13.1. The van der Waals surface area contributed by atoms with Crippen LogP contribution in [0.1, 0.15) is 11.1 Å². The van der Waals surface area contributed by atoms with Gasteiger partial charge in [0.25, 0.3) is 20.2 Å². The van der Waals surface area contributed by atoms with Gasteiger partial charge >= 0.3 is 0 Å². The third-order valence-electron chi connectivity index (χ3n) is 7.82. The molecule has 0 aliphatic carbocycles. The first-order valence-corrected chi connectivity index (χ1v) is 16.9. The van der Waals surface area contributed by atoms with Crippen LogP contribution in [-0.4, -0.2) is 80.6 Å². The molecule has 0 unspecified atom stereocenters. The van der Waals surface area contributed by atoms with Gasteiger partial charge in [0, 0.05) is 37.2 Å². The molecule has 45 heavy (non-hydrogen) atoms. The molecule has 4 heterocycles. The molecular formula is C31H34N4O8S2. The van der Waals surface area contributed by atoms with E-state index in [1.54, 1.807) is 30.5 Å². The standard InChI is InChI=1S/C17H18N4O2.2C7H8O3S/c1-20-7-12-8-21(9-14(12)20)17-13(4-5-18-19-17)11-2-3-15-16(6-11)23-10-22-15;2*1-6-2-4-7(5-3-6)11(8,9)10/h2-6,12,14H,7-10H2,1H3;2*2-5H,1H3,(H,8,9,10)/t12-,14+;;/m1../s1. The summed E-state index contributed by atoms with van der Waals surface area (Å²) in [6, 6.07) is 20.7. The molecule has 3 aromatic carbocycles. The van der Waals surface area contributed by atoms with E-state index < -0.39 is 20.2 Å². The van der Waals surface area contributed by atoms with Gasteiger partial charge in [-0.2, -0.15) is 21.9 Å². The maximum absolute atomic E-state index is 10.5. The van der Waals surface area contributed by atoms with Crippen LogP contribution in [0.2, 0.25) is 0 Å². The van der Waals surface area contributed by atoms with E-state index in [0.717, 1.165) is 58.6 Å². The van der Waals surface area contributed by atoms with Crippen LogP contribution in [0.5, 0.6) is 11.5 Å².